The highest BCUT2D eigenvalue weighted by molar-refractivity contribution is 9.10. The van der Waals surface area contributed by atoms with Crippen molar-refractivity contribution in [3.05, 3.63) is 34.3 Å². The lowest BCUT2D eigenvalue weighted by Gasteiger charge is -2.23. The van der Waals surface area contributed by atoms with Crippen LogP contribution in [0.1, 0.15) is 24.2 Å². The number of thioether (sulfide) groups is 1. The van der Waals surface area contributed by atoms with Gasteiger partial charge in [0.15, 0.2) is 10.8 Å². The molecule has 1 aromatic rings. The smallest absolute Gasteiger partial charge is 0.308 e. The molecule has 20 heavy (non-hydrogen) atoms. The molecular weight excluding hydrogens is 363 g/mol. The average molecular weight is 381 g/mol. The molecule has 1 aromatic carbocycles. The highest BCUT2D eigenvalue weighted by Gasteiger charge is 2.40. The quantitative estimate of drug-likeness (QED) is 0.487. The molecule has 0 heterocycles. The Morgan fingerprint density at radius 1 is 1.35 bits per heavy atom. The van der Waals surface area contributed by atoms with Crippen LogP contribution in [0, 0.1) is 0 Å². The van der Waals surface area contributed by atoms with Gasteiger partial charge in [-0.3, -0.25) is 9.36 Å². The summed E-state index contributed by atoms with van der Waals surface area (Å²) < 4.78 is 24.1. The molecule has 0 fully saturated rings. The van der Waals surface area contributed by atoms with Gasteiger partial charge in [-0.15, -0.1) is 11.8 Å². The Kier molecular flexibility index (Phi) is 7.48. The van der Waals surface area contributed by atoms with Gasteiger partial charge in [0.1, 0.15) is 0 Å². The Bertz CT molecular complexity index is 499. The molecule has 0 aliphatic rings. The maximum atomic E-state index is 12.7. The largest absolute Gasteiger partial charge is 0.351 e. The molecule has 1 unspecified atom stereocenters. The molecule has 0 aromatic heterocycles. The van der Waals surface area contributed by atoms with Crippen molar-refractivity contribution in [1.82, 2.24) is 0 Å². The zero-order valence-corrected chi connectivity index (χ0v) is 15.0. The Balaban J connectivity index is 3.10. The summed E-state index contributed by atoms with van der Waals surface area (Å²) in [5.41, 5.74) is 0.485. The first-order chi connectivity index (χ1) is 9.48. The third-order valence-electron chi connectivity index (χ3n) is 2.46. The molecule has 0 saturated carbocycles. The van der Waals surface area contributed by atoms with Crippen molar-refractivity contribution in [2.45, 2.75) is 18.8 Å². The number of Topliss-reactive ketones (excluding diaryl/α,β-unsaturated/α-hetero) is 1. The minimum absolute atomic E-state index is 0.236. The van der Waals surface area contributed by atoms with Gasteiger partial charge in [0.05, 0.1) is 13.2 Å². The van der Waals surface area contributed by atoms with Gasteiger partial charge in [0.2, 0.25) is 0 Å². The first kappa shape index (κ1) is 17.9. The summed E-state index contributed by atoms with van der Waals surface area (Å²) in [5, 5.41) is 0. The van der Waals surface area contributed by atoms with E-state index in [-0.39, 0.29) is 19.0 Å². The standard InChI is InChI=1S/C13H18BrO4PS/c1-4-17-19(16,18-5-2)13(20-3)12(15)10-7-6-8-11(14)9-10/h6-9,13H,4-5H2,1-3H3. The highest BCUT2D eigenvalue weighted by Crippen LogP contribution is 2.57. The molecule has 0 radical (unpaired) electrons. The molecule has 0 spiro atoms. The zero-order chi connectivity index (χ0) is 15.2. The van der Waals surface area contributed by atoms with Gasteiger partial charge in [-0.25, -0.2) is 0 Å². The van der Waals surface area contributed by atoms with Gasteiger partial charge in [-0.05, 0) is 32.2 Å². The van der Waals surface area contributed by atoms with E-state index in [0.717, 1.165) is 4.47 Å². The number of carbonyl (C=O) groups excluding carboxylic acids is 1. The Morgan fingerprint density at radius 2 is 1.95 bits per heavy atom. The van der Waals surface area contributed by atoms with Gasteiger partial charge in [-0.1, -0.05) is 28.1 Å². The maximum Gasteiger partial charge on any atom is 0.351 e. The second-order valence-corrected chi connectivity index (χ2v) is 8.16. The number of halogens is 1. The third-order valence-corrected chi connectivity index (χ3v) is 7.07. The topological polar surface area (TPSA) is 52.6 Å². The van der Waals surface area contributed by atoms with Crippen LogP contribution in [0.3, 0.4) is 0 Å². The fraction of sp³-hybridized carbons (Fsp3) is 0.462. The first-order valence-electron chi connectivity index (χ1n) is 6.19. The van der Waals surface area contributed by atoms with Crippen molar-refractivity contribution < 1.29 is 18.4 Å². The molecule has 0 aliphatic carbocycles. The fourth-order valence-electron chi connectivity index (χ4n) is 1.70. The number of carbonyl (C=O) groups is 1. The lowest BCUT2D eigenvalue weighted by Crippen LogP contribution is -2.20. The van der Waals surface area contributed by atoms with Crippen LogP contribution in [0.15, 0.2) is 28.7 Å². The SMILES string of the molecule is CCOP(=O)(OCC)C(SC)C(=O)c1cccc(Br)c1. The molecule has 0 saturated heterocycles. The molecule has 1 atom stereocenters. The van der Waals surface area contributed by atoms with Gasteiger partial charge in [0, 0.05) is 10.0 Å². The minimum atomic E-state index is -3.47. The molecule has 0 amide bonds. The van der Waals surface area contributed by atoms with E-state index >= 15 is 0 Å². The predicted octanol–water partition coefficient (Wildman–Crippen LogP) is 4.59. The van der Waals surface area contributed by atoms with E-state index in [1.807, 2.05) is 6.07 Å². The van der Waals surface area contributed by atoms with Gasteiger partial charge in [-0.2, -0.15) is 0 Å². The summed E-state index contributed by atoms with van der Waals surface area (Å²) in [6.45, 7) is 3.93. The number of hydrogen-bond acceptors (Lipinski definition) is 5. The summed E-state index contributed by atoms with van der Waals surface area (Å²) in [7, 11) is -3.47. The van der Waals surface area contributed by atoms with Crippen molar-refractivity contribution in [1.29, 1.82) is 0 Å². The Hall–Kier alpha value is -0.130. The molecule has 0 aliphatic heterocycles. The molecular formula is C13H18BrO4PS. The fourth-order valence-corrected chi connectivity index (χ4v) is 5.35. The van der Waals surface area contributed by atoms with E-state index in [4.69, 9.17) is 9.05 Å². The van der Waals surface area contributed by atoms with Gasteiger partial charge >= 0.3 is 7.60 Å². The molecule has 0 bridgehead atoms. The number of rotatable bonds is 8. The second kappa shape index (κ2) is 8.35. The summed E-state index contributed by atoms with van der Waals surface area (Å²) in [4.78, 5) is 11.7. The average Bonchev–Trinajstić information content (AvgIpc) is 2.39. The van der Waals surface area contributed by atoms with Gasteiger partial charge in [0.25, 0.3) is 0 Å². The van der Waals surface area contributed by atoms with E-state index in [0.29, 0.717) is 5.56 Å². The molecule has 1 rings (SSSR count). The molecule has 7 heteroatoms. The van der Waals surface area contributed by atoms with Crippen LogP contribution in [0.4, 0.5) is 0 Å². The normalized spacial score (nSPS) is 13.2. The van der Waals surface area contributed by atoms with Crippen LogP contribution in [0.25, 0.3) is 0 Å². The van der Waals surface area contributed by atoms with Crippen molar-refractivity contribution in [2.75, 3.05) is 19.5 Å². The third kappa shape index (κ3) is 4.43. The van der Waals surface area contributed by atoms with E-state index in [9.17, 15) is 9.36 Å². The molecule has 4 nitrogen and oxygen atoms in total. The predicted molar refractivity (Wildman–Crippen MR) is 86.6 cm³/mol. The van der Waals surface area contributed by atoms with E-state index in [2.05, 4.69) is 15.9 Å². The van der Waals surface area contributed by atoms with E-state index < -0.39 is 12.6 Å². The monoisotopic (exact) mass is 380 g/mol. The summed E-state index contributed by atoms with van der Waals surface area (Å²) >= 11 is 4.51. The Labute approximate surface area is 132 Å². The lowest BCUT2D eigenvalue weighted by atomic mass is 10.1. The van der Waals surface area contributed by atoms with Crippen LogP contribution >= 0.6 is 35.3 Å². The van der Waals surface area contributed by atoms with Crippen LogP contribution in [0.5, 0.6) is 0 Å². The van der Waals surface area contributed by atoms with Crippen LogP contribution in [-0.4, -0.2) is 30.2 Å². The lowest BCUT2D eigenvalue weighted by molar-refractivity contribution is 0.0995. The molecule has 0 N–H and O–H groups in total. The van der Waals surface area contributed by atoms with Crippen molar-refractivity contribution in [3.8, 4) is 0 Å². The van der Waals surface area contributed by atoms with Crippen LogP contribution in [0.2, 0.25) is 0 Å². The number of hydrogen-bond donors (Lipinski definition) is 0. The van der Waals surface area contributed by atoms with E-state index in [1.54, 1.807) is 38.3 Å². The zero-order valence-electron chi connectivity index (χ0n) is 11.7. The van der Waals surface area contributed by atoms with Crippen molar-refractivity contribution in [3.63, 3.8) is 0 Å². The second-order valence-electron chi connectivity index (χ2n) is 3.84. The molecule has 112 valence electrons. The number of ketones is 1. The highest BCUT2D eigenvalue weighted by atomic mass is 79.9. The van der Waals surface area contributed by atoms with E-state index in [1.165, 1.54) is 11.8 Å². The maximum absolute atomic E-state index is 12.7. The first-order valence-corrected chi connectivity index (χ1v) is 9.89. The minimum Gasteiger partial charge on any atom is -0.308 e. The van der Waals surface area contributed by atoms with Crippen LogP contribution < -0.4 is 0 Å². The van der Waals surface area contributed by atoms with Crippen molar-refractivity contribution >= 4 is 41.1 Å². The Morgan fingerprint density at radius 3 is 2.40 bits per heavy atom. The summed E-state index contributed by atoms with van der Waals surface area (Å²) in [5.74, 6) is -0.246. The summed E-state index contributed by atoms with van der Waals surface area (Å²) in [6, 6.07) is 6.99. The van der Waals surface area contributed by atoms with Crippen LogP contribution in [-0.2, 0) is 13.6 Å². The van der Waals surface area contributed by atoms with Crippen molar-refractivity contribution in [2.24, 2.45) is 0 Å². The number of benzene rings is 1. The van der Waals surface area contributed by atoms with Gasteiger partial charge < -0.3 is 9.05 Å². The summed E-state index contributed by atoms with van der Waals surface area (Å²) in [6.07, 6.45) is 1.73.